The molecule has 2 fully saturated rings. The highest BCUT2D eigenvalue weighted by Crippen LogP contribution is 2.34. The summed E-state index contributed by atoms with van der Waals surface area (Å²) in [6, 6.07) is 0.841. The van der Waals surface area contributed by atoms with E-state index in [1.54, 1.807) is 18.4 Å². The van der Waals surface area contributed by atoms with Gasteiger partial charge in [-0.25, -0.2) is 4.98 Å². The summed E-state index contributed by atoms with van der Waals surface area (Å²) in [6.45, 7) is 6.13. The number of thiazole rings is 1. The third-order valence-corrected chi connectivity index (χ3v) is 6.23. The number of guanidine groups is 1. The molecule has 1 aromatic heterocycles. The Bertz CT molecular complexity index is 597. The summed E-state index contributed by atoms with van der Waals surface area (Å²) >= 11 is 1.66. The molecular weight excluding hydrogens is 346 g/mol. The molecule has 0 radical (unpaired) electrons. The fourth-order valence-electron chi connectivity index (χ4n) is 3.19. The zero-order valence-electron chi connectivity index (χ0n) is 16.6. The van der Waals surface area contributed by atoms with Gasteiger partial charge in [-0.3, -0.25) is 9.89 Å². The van der Waals surface area contributed by atoms with Gasteiger partial charge >= 0.3 is 0 Å². The molecule has 0 aliphatic heterocycles. The number of methoxy groups -OCH3 is 1. The van der Waals surface area contributed by atoms with Crippen molar-refractivity contribution >= 4 is 17.3 Å². The number of hydrogen-bond donors (Lipinski definition) is 1. The van der Waals surface area contributed by atoms with Gasteiger partial charge in [0, 0.05) is 52.3 Å². The summed E-state index contributed by atoms with van der Waals surface area (Å²) in [5, 5.41) is 6.66. The summed E-state index contributed by atoms with van der Waals surface area (Å²) in [6.07, 6.45) is 5.67. The van der Waals surface area contributed by atoms with Crippen LogP contribution in [0.25, 0.3) is 0 Å². The molecule has 0 spiro atoms. The fourth-order valence-corrected chi connectivity index (χ4v) is 4.03. The minimum atomic E-state index is 0.0522. The molecule has 2 aliphatic rings. The van der Waals surface area contributed by atoms with Gasteiger partial charge in [0.25, 0.3) is 0 Å². The van der Waals surface area contributed by atoms with Crippen molar-refractivity contribution in [3.05, 3.63) is 16.1 Å². The van der Waals surface area contributed by atoms with E-state index in [9.17, 15) is 0 Å². The van der Waals surface area contributed by atoms with Crippen LogP contribution in [-0.4, -0.2) is 67.6 Å². The number of ether oxygens (including phenoxy) is 1. The average molecular weight is 380 g/mol. The van der Waals surface area contributed by atoms with E-state index in [1.165, 1.54) is 32.2 Å². The van der Waals surface area contributed by atoms with Crippen LogP contribution in [0, 0.1) is 5.92 Å². The van der Waals surface area contributed by atoms with E-state index in [0.717, 1.165) is 48.3 Å². The zero-order chi connectivity index (χ0) is 18.5. The monoisotopic (exact) mass is 379 g/mol. The van der Waals surface area contributed by atoms with Crippen LogP contribution in [0.4, 0.5) is 0 Å². The lowest BCUT2D eigenvalue weighted by atomic mass is 10.3. The summed E-state index contributed by atoms with van der Waals surface area (Å²) in [4.78, 5) is 13.9. The quantitative estimate of drug-likeness (QED) is 0.500. The van der Waals surface area contributed by atoms with E-state index < -0.39 is 0 Å². The van der Waals surface area contributed by atoms with Crippen molar-refractivity contribution in [3.63, 3.8) is 0 Å². The first kappa shape index (κ1) is 19.6. The largest absolute Gasteiger partial charge is 0.375 e. The Balaban J connectivity index is 1.44. The van der Waals surface area contributed by atoms with Gasteiger partial charge in [-0.15, -0.1) is 11.3 Å². The maximum atomic E-state index is 5.35. The van der Waals surface area contributed by atoms with Crippen molar-refractivity contribution in [1.82, 2.24) is 20.1 Å². The molecule has 1 heterocycles. The van der Waals surface area contributed by atoms with Crippen LogP contribution in [0.3, 0.4) is 0 Å². The van der Waals surface area contributed by atoms with E-state index in [2.05, 4.69) is 37.5 Å². The van der Waals surface area contributed by atoms with E-state index in [4.69, 9.17) is 4.74 Å². The minimum Gasteiger partial charge on any atom is -0.375 e. The Labute approximate surface area is 161 Å². The number of hydrogen-bond acceptors (Lipinski definition) is 5. The Kier molecular flexibility index (Phi) is 6.89. The van der Waals surface area contributed by atoms with E-state index in [0.29, 0.717) is 0 Å². The van der Waals surface area contributed by atoms with Gasteiger partial charge < -0.3 is 15.0 Å². The van der Waals surface area contributed by atoms with Crippen molar-refractivity contribution in [2.45, 2.75) is 51.3 Å². The van der Waals surface area contributed by atoms with Gasteiger partial charge in [-0.05, 0) is 38.5 Å². The number of nitrogens with one attached hydrogen (secondary N) is 1. The number of nitrogens with zero attached hydrogens (tertiary/aromatic N) is 4. The highest BCUT2D eigenvalue weighted by molar-refractivity contribution is 7.09. The Morgan fingerprint density at radius 3 is 2.81 bits per heavy atom. The SMILES string of the molecule is CN=C(NCCN(CC1CC1)C1CC1)N(C)Cc1csc(C(C)OC)n1. The topological polar surface area (TPSA) is 53.0 Å². The third kappa shape index (κ3) is 5.66. The fraction of sp³-hybridized carbons (Fsp3) is 0.789. The highest BCUT2D eigenvalue weighted by atomic mass is 32.1. The lowest BCUT2D eigenvalue weighted by Crippen LogP contribution is -2.43. The van der Waals surface area contributed by atoms with Crippen molar-refractivity contribution in [2.24, 2.45) is 10.9 Å². The Morgan fingerprint density at radius 1 is 1.42 bits per heavy atom. The molecule has 7 heteroatoms. The van der Waals surface area contributed by atoms with Crippen LogP contribution in [0.5, 0.6) is 0 Å². The number of aromatic nitrogens is 1. The van der Waals surface area contributed by atoms with Crippen molar-refractivity contribution in [3.8, 4) is 0 Å². The maximum absolute atomic E-state index is 5.35. The molecule has 6 nitrogen and oxygen atoms in total. The smallest absolute Gasteiger partial charge is 0.193 e. The molecule has 0 saturated heterocycles. The van der Waals surface area contributed by atoms with E-state index >= 15 is 0 Å². The van der Waals surface area contributed by atoms with Crippen LogP contribution in [0.2, 0.25) is 0 Å². The van der Waals surface area contributed by atoms with Gasteiger partial charge in [0.05, 0.1) is 12.2 Å². The second-order valence-electron chi connectivity index (χ2n) is 7.55. The number of rotatable bonds is 10. The van der Waals surface area contributed by atoms with Gasteiger partial charge in [-0.1, -0.05) is 0 Å². The lowest BCUT2D eigenvalue weighted by Gasteiger charge is -2.25. The normalized spacial score (nSPS) is 19.0. The zero-order valence-corrected chi connectivity index (χ0v) is 17.4. The van der Waals surface area contributed by atoms with Gasteiger partial charge in [0.2, 0.25) is 0 Å². The summed E-state index contributed by atoms with van der Waals surface area (Å²) in [5.41, 5.74) is 1.06. The Morgan fingerprint density at radius 2 is 2.19 bits per heavy atom. The molecule has 0 bridgehead atoms. The first-order chi connectivity index (χ1) is 12.6. The highest BCUT2D eigenvalue weighted by Gasteiger charge is 2.33. The van der Waals surface area contributed by atoms with Crippen LogP contribution in [0.1, 0.15) is 49.4 Å². The number of aliphatic imine (C=N–C) groups is 1. The summed E-state index contributed by atoms with van der Waals surface area (Å²) in [7, 11) is 5.63. The van der Waals surface area contributed by atoms with Gasteiger partial charge in [0.1, 0.15) is 11.1 Å². The van der Waals surface area contributed by atoms with Crippen molar-refractivity contribution in [1.29, 1.82) is 0 Å². The standard InChI is InChI=1S/C19H33N5OS/c1-14(25-4)18-22-16(13-26-18)12-23(3)19(20-2)21-9-10-24(17-7-8-17)11-15-5-6-15/h13-15,17H,5-12H2,1-4H3,(H,20,21). The molecule has 2 saturated carbocycles. The predicted molar refractivity (Wildman–Crippen MR) is 108 cm³/mol. The molecule has 0 amide bonds. The Hall–Kier alpha value is -1.18. The summed E-state index contributed by atoms with van der Waals surface area (Å²) in [5.74, 6) is 1.90. The minimum absolute atomic E-state index is 0.0522. The molecule has 2 aliphatic carbocycles. The molecule has 26 heavy (non-hydrogen) atoms. The molecule has 1 N–H and O–H groups in total. The first-order valence-corrected chi connectivity index (χ1v) is 10.6. The molecule has 3 rings (SSSR count). The predicted octanol–water partition coefficient (Wildman–Crippen LogP) is 2.73. The summed E-state index contributed by atoms with van der Waals surface area (Å²) < 4.78 is 5.35. The molecule has 1 aromatic rings. The van der Waals surface area contributed by atoms with Crippen molar-refractivity contribution < 1.29 is 4.74 Å². The van der Waals surface area contributed by atoms with Crippen LogP contribution in [0.15, 0.2) is 10.4 Å². The van der Waals surface area contributed by atoms with Gasteiger partial charge in [-0.2, -0.15) is 0 Å². The lowest BCUT2D eigenvalue weighted by molar-refractivity contribution is 0.119. The third-order valence-electron chi connectivity index (χ3n) is 5.18. The second kappa shape index (κ2) is 9.15. The van der Waals surface area contributed by atoms with E-state index in [-0.39, 0.29) is 6.10 Å². The van der Waals surface area contributed by atoms with Gasteiger partial charge in [0.15, 0.2) is 5.96 Å². The molecule has 0 aromatic carbocycles. The van der Waals surface area contributed by atoms with Crippen molar-refractivity contribution in [2.75, 3.05) is 40.8 Å². The molecule has 146 valence electrons. The van der Waals surface area contributed by atoms with E-state index in [1.807, 2.05) is 14.0 Å². The van der Waals surface area contributed by atoms with Crippen LogP contribution >= 0.6 is 11.3 Å². The average Bonchev–Trinajstić information content (AvgIpc) is 3.56. The molecule has 1 atom stereocenters. The first-order valence-electron chi connectivity index (χ1n) is 9.73. The van der Waals surface area contributed by atoms with Crippen LogP contribution in [-0.2, 0) is 11.3 Å². The molecular formula is C19H33N5OS. The second-order valence-corrected chi connectivity index (χ2v) is 8.44. The maximum Gasteiger partial charge on any atom is 0.193 e. The molecule has 1 unspecified atom stereocenters. The van der Waals surface area contributed by atoms with Crippen LogP contribution < -0.4 is 5.32 Å².